The van der Waals surface area contributed by atoms with Gasteiger partial charge in [-0.3, -0.25) is 4.79 Å². The molecule has 110 valence electrons. The van der Waals surface area contributed by atoms with Crippen molar-refractivity contribution in [2.24, 2.45) is 0 Å². The minimum Gasteiger partial charge on any atom is -0.326 e. The Labute approximate surface area is 130 Å². The van der Waals surface area contributed by atoms with Crippen LogP contribution in [-0.2, 0) is 11.3 Å². The topological polar surface area (TPSA) is 33.5 Å². The molecule has 2 aromatic rings. The average Bonchev–Trinajstić information content (AvgIpc) is 2.41. The van der Waals surface area contributed by atoms with E-state index in [1.165, 1.54) is 11.1 Å². The lowest BCUT2D eigenvalue weighted by atomic mass is 10.1. The molecule has 1 amide bonds. The highest BCUT2D eigenvalue weighted by Crippen LogP contribution is 2.12. The minimum absolute atomic E-state index is 0.00229. The fourth-order valence-corrected chi connectivity index (χ4v) is 2.37. The smallest absolute Gasteiger partial charge is 0.279 e. The zero-order valence-electron chi connectivity index (χ0n) is 12.3. The first-order valence-corrected chi connectivity index (χ1v) is 7.33. The molecule has 0 heterocycles. The summed E-state index contributed by atoms with van der Waals surface area (Å²) in [6.07, 6.45) is 0. The zero-order valence-corrected chi connectivity index (χ0v) is 13.1. The van der Waals surface area contributed by atoms with E-state index in [-0.39, 0.29) is 5.91 Å². The SMILES string of the molecule is Cc1cccc(C[NH+](C)CC(=O)Nc2ccc(Cl)cc2)c1. The van der Waals surface area contributed by atoms with Crippen molar-refractivity contribution < 1.29 is 9.69 Å². The number of carbonyl (C=O) groups is 1. The predicted molar refractivity (Wildman–Crippen MR) is 86.7 cm³/mol. The second-order valence-corrected chi connectivity index (χ2v) is 5.79. The van der Waals surface area contributed by atoms with E-state index >= 15 is 0 Å². The number of amides is 1. The standard InChI is InChI=1S/C17H19ClN2O/c1-13-4-3-5-14(10-13)11-20(2)12-17(21)19-16-8-6-15(18)7-9-16/h3-10H,11-12H2,1-2H3,(H,19,21)/p+1. The van der Waals surface area contributed by atoms with Crippen LogP contribution in [-0.4, -0.2) is 19.5 Å². The Morgan fingerprint density at radius 1 is 1.19 bits per heavy atom. The number of anilines is 1. The van der Waals surface area contributed by atoms with Gasteiger partial charge in [0, 0.05) is 16.3 Å². The summed E-state index contributed by atoms with van der Waals surface area (Å²) in [6, 6.07) is 15.5. The molecule has 0 aliphatic heterocycles. The van der Waals surface area contributed by atoms with Crippen LogP contribution in [0, 0.1) is 6.92 Å². The molecule has 0 spiro atoms. The maximum Gasteiger partial charge on any atom is 0.279 e. The number of benzene rings is 2. The van der Waals surface area contributed by atoms with Crippen LogP contribution in [0.5, 0.6) is 0 Å². The number of hydrogen-bond donors (Lipinski definition) is 2. The summed E-state index contributed by atoms with van der Waals surface area (Å²) in [4.78, 5) is 13.1. The van der Waals surface area contributed by atoms with Crippen LogP contribution in [0.2, 0.25) is 5.02 Å². The molecule has 1 unspecified atom stereocenters. The Bertz CT molecular complexity index is 610. The number of carbonyl (C=O) groups excluding carboxylic acids is 1. The third kappa shape index (κ3) is 5.21. The molecule has 0 aliphatic carbocycles. The summed E-state index contributed by atoms with van der Waals surface area (Å²) in [7, 11) is 2.02. The van der Waals surface area contributed by atoms with Crippen molar-refractivity contribution in [2.45, 2.75) is 13.5 Å². The summed E-state index contributed by atoms with van der Waals surface area (Å²) in [6.45, 7) is 3.33. The third-order valence-corrected chi connectivity index (χ3v) is 3.43. The van der Waals surface area contributed by atoms with E-state index in [0.717, 1.165) is 17.1 Å². The van der Waals surface area contributed by atoms with Gasteiger partial charge in [-0.05, 0) is 31.2 Å². The van der Waals surface area contributed by atoms with E-state index in [1.54, 1.807) is 24.3 Å². The molecule has 2 rings (SSSR count). The summed E-state index contributed by atoms with van der Waals surface area (Å²) in [5.41, 5.74) is 3.26. The fraction of sp³-hybridized carbons (Fsp3) is 0.235. The Kier molecular flexibility index (Phi) is 5.37. The molecule has 1 atom stereocenters. The fourth-order valence-electron chi connectivity index (χ4n) is 2.25. The monoisotopic (exact) mass is 303 g/mol. The quantitative estimate of drug-likeness (QED) is 0.873. The maximum absolute atomic E-state index is 12.0. The number of aryl methyl sites for hydroxylation is 1. The van der Waals surface area contributed by atoms with Gasteiger partial charge < -0.3 is 10.2 Å². The van der Waals surface area contributed by atoms with Gasteiger partial charge in [-0.25, -0.2) is 0 Å². The molecule has 0 aliphatic rings. The normalized spacial score (nSPS) is 12.0. The molecular weight excluding hydrogens is 284 g/mol. The summed E-state index contributed by atoms with van der Waals surface area (Å²) in [5, 5.41) is 3.54. The number of likely N-dealkylation sites (N-methyl/N-ethyl adjacent to an activating group) is 1. The van der Waals surface area contributed by atoms with E-state index in [1.807, 2.05) is 13.1 Å². The Balaban J connectivity index is 1.86. The van der Waals surface area contributed by atoms with Crippen LogP contribution >= 0.6 is 11.6 Å². The van der Waals surface area contributed by atoms with Crippen LogP contribution in [0.15, 0.2) is 48.5 Å². The molecule has 2 N–H and O–H groups in total. The molecule has 21 heavy (non-hydrogen) atoms. The van der Waals surface area contributed by atoms with Gasteiger partial charge in [0.25, 0.3) is 5.91 Å². The van der Waals surface area contributed by atoms with Crippen LogP contribution in [0.3, 0.4) is 0 Å². The molecular formula is C17H20ClN2O+. The molecule has 2 aromatic carbocycles. The number of halogens is 1. The van der Waals surface area contributed by atoms with Crippen LogP contribution in [0.4, 0.5) is 5.69 Å². The van der Waals surface area contributed by atoms with Crippen molar-refractivity contribution in [3.8, 4) is 0 Å². The van der Waals surface area contributed by atoms with Crippen molar-refractivity contribution in [3.05, 3.63) is 64.7 Å². The predicted octanol–water partition coefficient (Wildman–Crippen LogP) is 2.30. The number of quaternary nitrogens is 1. The van der Waals surface area contributed by atoms with E-state index in [0.29, 0.717) is 11.6 Å². The van der Waals surface area contributed by atoms with Crippen molar-refractivity contribution >= 4 is 23.2 Å². The zero-order chi connectivity index (χ0) is 15.2. The molecule has 0 fully saturated rings. The van der Waals surface area contributed by atoms with Crippen molar-refractivity contribution in [2.75, 3.05) is 18.9 Å². The lowest BCUT2D eigenvalue weighted by Gasteiger charge is -2.14. The van der Waals surface area contributed by atoms with E-state index < -0.39 is 0 Å². The van der Waals surface area contributed by atoms with E-state index in [2.05, 4.69) is 30.4 Å². The molecule has 3 nitrogen and oxygen atoms in total. The van der Waals surface area contributed by atoms with Gasteiger partial charge in [-0.15, -0.1) is 0 Å². The number of nitrogens with one attached hydrogen (secondary N) is 2. The molecule has 0 bridgehead atoms. The minimum atomic E-state index is 0.00229. The highest BCUT2D eigenvalue weighted by atomic mass is 35.5. The van der Waals surface area contributed by atoms with Gasteiger partial charge >= 0.3 is 0 Å². The van der Waals surface area contributed by atoms with Gasteiger partial charge in [0.05, 0.1) is 7.05 Å². The first kappa shape index (κ1) is 15.5. The van der Waals surface area contributed by atoms with Gasteiger partial charge in [-0.1, -0.05) is 41.4 Å². The highest BCUT2D eigenvalue weighted by molar-refractivity contribution is 6.30. The second kappa shape index (κ2) is 7.25. The van der Waals surface area contributed by atoms with Crippen LogP contribution in [0.25, 0.3) is 0 Å². The van der Waals surface area contributed by atoms with Crippen LogP contribution < -0.4 is 10.2 Å². The second-order valence-electron chi connectivity index (χ2n) is 5.35. The Morgan fingerprint density at radius 3 is 2.57 bits per heavy atom. The third-order valence-electron chi connectivity index (χ3n) is 3.18. The number of hydrogen-bond acceptors (Lipinski definition) is 1. The molecule has 0 saturated heterocycles. The Morgan fingerprint density at radius 2 is 1.90 bits per heavy atom. The Hall–Kier alpha value is -1.84. The lowest BCUT2D eigenvalue weighted by Crippen LogP contribution is -3.08. The van der Waals surface area contributed by atoms with Gasteiger partial charge in [-0.2, -0.15) is 0 Å². The van der Waals surface area contributed by atoms with Gasteiger partial charge in [0.2, 0.25) is 0 Å². The van der Waals surface area contributed by atoms with Crippen molar-refractivity contribution in [3.63, 3.8) is 0 Å². The maximum atomic E-state index is 12.0. The first-order chi connectivity index (χ1) is 10.0. The summed E-state index contributed by atoms with van der Waals surface area (Å²) < 4.78 is 0. The van der Waals surface area contributed by atoms with Crippen molar-refractivity contribution in [1.29, 1.82) is 0 Å². The average molecular weight is 304 g/mol. The summed E-state index contributed by atoms with van der Waals surface area (Å²) in [5.74, 6) is 0.00229. The van der Waals surface area contributed by atoms with Gasteiger partial charge in [0.1, 0.15) is 6.54 Å². The highest BCUT2D eigenvalue weighted by Gasteiger charge is 2.10. The first-order valence-electron chi connectivity index (χ1n) is 6.95. The molecule has 0 radical (unpaired) electrons. The van der Waals surface area contributed by atoms with E-state index in [9.17, 15) is 4.79 Å². The lowest BCUT2D eigenvalue weighted by molar-refractivity contribution is -0.885. The summed E-state index contributed by atoms with van der Waals surface area (Å²) >= 11 is 5.82. The molecule has 0 aromatic heterocycles. The number of rotatable bonds is 5. The van der Waals surface area contributed by atoms with E-state index in [4.69, 9.17) is 11.6 Å². The van der Waals surface area contributed by atoms with Gasteiger partial charge in [0.15, 0.2) is 6.54 Å². The molecule has 0 saturated carbocycles. The van der Waals surface area contributed by atoms with Crippen LogP contribution in [0.1, 0.15) is 11.1 Å². The largest absolute Gasteiger partial charge is 0.326 e. The van der Waals surface area contributed by atoms with Crippen molar-refractivity contribution in [1.82, 2.24) is 0 Å². The molecule has 4 heteroatoms.